The first-order valence-electron chi connectivity index (χ1n) is 6.80. The van der Waals surface area contributed by atoms with E-state index in [1.54, 1.807) is 9.80 Å². The molecule has 0 bridgehead atoms. The van der Waals surface area contributed by atoms with Crippen LogP contribution in [0.4, 0.5) is 15.3 Å². The van der Waals surface area contributed by atoms with Crippen molar-refractivity contribution in [2.24, 2.45) is 0 Å². The van der Waals surface area contributed by atoms with Crippen LogP contribution in [0.2, 0.25) is 0 Å². The highest BCUT2D eigenvalue weighted by Gasteiger charge is 2.23. The number of hydrogen-bond donors (Lipinski definition) is 1. The van der Waals surface area contributed by atoms with E-state index in [4.69, 9.17) is 4.74 Å². The van der Waals surface area contributed by atoms with E-state index in [0.29, 0.717) is 19.7 Å². The summed E-state index contributed by atoms with van der Waals surface area (Å²) in [5, 5.41) is 2.88. The summed E-state index contributed by atoms with van der Waals surface area (Å²) in [7, 11) is 0. The molecule has 0 radical (unpaired) electrons. The number of amides is 3. The fourth-order valence-electron chi connectivity index (χ4n) is 2.27. The number of nitrogens with zero attached hydrogens (tertiary/aromatic N) is 2. The van der Waals surface area contributed by atoms with Crippen LogP contribution in [-0.4, -0.2) is 43.3 Å². The normalized spacial score (nSPS) is 17.7. The average Bonchev–Trinajstić information content (AvgIpc) is 2.81. The van der Waals surface area contributed by atoms with Crippen LogP contribution >= 0.6 is 0 Å². The van der Waals surface area contributed by atoms with E-state index in [9.17, 15) is 9.59 Å². The van der Waals surface area contributed by atoms with Crippen molar-refractivity contribution in [3.8, 4) is 0 Å². The van der Waals surface area contributed by atoms with Crippen LogP contribution < -0.4 is 10.2 Å². The molecule has 3 rings (SSSR count). The van der Waals surface area contributed by atoms with Gasteiger partial charge in [0.15, 0.2) is 0 Å². The van der Waals surface area contributed by atoms with Gasteiger partial charge in [-0.25, -0.2) is 9.59 Å². The van der Waals surface area contributed by atoms with Gasteiger partial charge in [-0.15, -0.1) is 0 Å². The Kier molecular flexibility index (Phi) is 3.45. The predicted molar refractivity (Wildman–Crippen MR) is 73.6 cm³/mol. The number of benzene rings is 1. The summed E-state index contributed by atoms with van der Waals surface area (Å²) in [4.78, 5) is 26.6. The third-order valence-corrected chi connectivity index (χ3v) is 3.57. The van der Waals surface area contributed by atoms with Crippen molar-refractivity contribution in [3.05, 3.63) is 29.8 Å². The second-order valence-electron chi connectivity index (χ2n) is 4.94. The van der Waals surface area contributed by atoms with E-state index < -0.39 is 0 Å². The number of likely N-dealkylation sites (tertiary alicyclic amines) is 1. The van der Waals surface area contributed by atoms with Gasteiger partial charge in [-0.2, -0.15) is 0 Å². The molecule has 0 unspecified atom stereocenters. The quantitative estimate of drug-likeness (QED) is 0.910. The Morgan fingerprint density at radius 3 is 2.80 bits per heavy atom. The maximum absolute atomic E-state index is 11.7. The van der Waals surface area contributed by atoms with Crippen LogP contribution in [0.3, 0.4) is 0 Å². The van der Waals surface area contributed by atoms with Gasteiger partial charge in [0.05, 0.1) is 6.54 Å². The number of urea groups is 1. The van der Waals surface area contributed by atoms with Gasteiger partial charge in [0.2, 0.25) is 0 Å². The summed E-state index contributed by atoms with van der Waals surface area (Å²) in [6.07, 6.45) is 0.770. The molecule has 0 atom stereocenters. The molecule has 1 aromatic carbocycles. The molecule has 106 valence electrons. The second kappa shape index (κ2) is 5.40. The van der Waals surface area contributed by atoms with Crippen LogP contribution in [0, 0.1) is 0 Å². The molecule has 2 aliphatic heterocycles. The molecule has 6 nitrogen and oxygen atoms in total. The summed E-state index contributed by atoms with van der Waals surface area (Å²) in [5.41, 5.74) is 1.78. The number of cyclic esters (lactones) is 1. The lowest BCUT2D eigenvalue weighted by Crippen LogP contribution is -2.47. The minimum absolute atomic E-state index is 0.0257. The molecule has 2 aliphatic rings. The minimum atomic E-state index is -0.313. The molecule has 0 aliphatic carbocycles. The van der Waals surface area contributed by atoms with Gasteiger partial charge in [-0.1, -0.05) is 12.1 Å². The van der Waals surface area contributed by atoms with Crippen molar-refractivity contribution in [2.45, 2.75) is 13.0 Å². The molecule has 2 fully saturated rings. The maximum Gasteiger partial charge on any atom is 0.414 e. The molecule has 20 heavy (non-hydrogen) atoms. The standard InChI is InChI=1S/C14H17N3O3/c18-13(16-5-2-6-16)15-10-11-3-1-4-12(9-11)17-7-8-20-14(17)19/h1,3-4,9H,2,5-8,10H2,(H,15,18). The van der Waals surface area contributed by atoms with Crippen LogP contribution in [0.1, 0.15) is 12.0 Å². The van der Waals surface area contributed by atoms with Crippen molar-refractivity contribution in [1.82, 2.24) is 10.2 Å². The minimum Gasteiger partial charge on any atom is -0.447 e. The van der Waals surface area contributed by atoms with Crippen molar-refractivity contribution in [3.63, 3.8) is 0 Å². The predicted octanol–water partition coefficient (Wildman–Crippen LogP) is 1.56. The lowest BCUT2D eigenvalue weighted by molar-refractivity contribution is 0.167. The Hall–Kier alpha value is -2.24. The fraction of sp³-hybridized carbons (Fsp3) is 0.429. The molecule has 2 saturated heterocycles. The zero-order chi connectivity index (χ0) is 13.9. The van der Waals surface area contributed by atoms with E-state index >= 15 is 0 Å². The number of carbonyl (C=O) groups is 2. The highest BCUT2D eigenvalue weighted by Crippen LogP contribution is 2.20. The Balaban J connectivity index is 1.62. The van der Waals surface area contributed by atoms with E-state index in [-0.39, 0.29) is 12.1 Å². The summed E-state index contributed by atoms with van der Waals surface area (Å²) < 4.78 is 4.92. The van der Waals surface area contributed by atoms with Crippen LogP contribution in [0.5, 0.6) is 0 Å². The van der Waals surface area contributed by atoms with Gasteiger partial charge >= 0.3 is 12.1 Å². The summed E-state index contributed by atoms with van der Waals surface area (Å²) in [6.45, 7) is 3.14. The van der Waals surface area contributed by atoms with Gasteiger partial charge in [0, 0.05) is 25.3 Å². The molecule has 6 heteroatoms. The Bertz CT molecular complexity index is 528. The molecule has 2 heterocycles. The van der Waals surface area contributed by atoms with Gasteiger partial charge in [-0.05, 0) is 24.1 Å². The van der Waals surface area contributed by atoms with Crippen molar-refractivity contribution in [2.75, 3.05) is 31.1 Å². The lowest BCUT2D eigenvalue weighted by atomic mass is 10.2. The highest BCUT2D eigenvalue weighted by atomic mass is 16.6. The van der Waals surface area contributed by atoms with Crippen molar-refractivity contribution < 1.29 is 14.3 Å². The molecular formula is C14H17N3O3. The second-order valence-corrected chi connectivity index (χ2v) is 4.94. The Morgan fingerprint density at radius 1 is 1.30 bits per heavy atom. The molecular weight excluding hydrogens is 258 g/mol. The topological polar surface area (TPSA) is 61.9 Å². The number of anilines is 1. The fourth-order valence-corrected chi connectivity index (χ4v) is 2.27. The van der Waals surface area contributed by atoms with Gasteiger partial charge in [0.25, 0.3) is 0 Å². The van der Waals surface area contributed by atoms with Gasteiger partial charge in [-0.3, -0.25) is 4.90 Å². The SMILES string of the molecule is O=C(NCc1cccc(N2CCOC2=O)c1)N1CCC1. The van der Waals surface area contributed by atoms with Crippen molar-refractivity contribution >= 4 is 17.8 Å². The van der Waals surface area contributed by atoms with Crippen LogP contribution in [0.25, 0.3) is 0 Å². The number of hydrogen-bond acceptors (Lipinski definition) is 3. The van der Waals surface area contributed by atoms with Gasteiger partial charge < -0.3 is 15.0 Å². The third kappa shape index (κ3) is 2.54. The average molecular weight is 275 g/mol. The third-order valence-electron chi connectivity index (χ3n) is 3.57. The first kappa shape index (κ1) is 12.8. The Morgan fingerprint density at radius 2 is 2.15 bits per heavy atom. The molecule has 3 amide bonds. The molecule has 0 saturated carbocycles. The first-order valence-corrected chi connectivity index (χ1v) is 6.80. The smallest absolute Gasteiger partial charge is 0.414 e. The van der Waals surface area contributed by atoms with E-state index in [2.05, 4.69) is 5.32 Å². The molecule has 1 aromatic rings. The number of nitrogens with one attached hydrogen (secondary N) is 1. The van der Waals surface area contributed by atoms with Crippen molar-refractivity contribution in [1.29, 1.82) is 0 Å². The highest BCUT2D eigenvalue weighted by molar-refractivity contribution is 5.89. The summed E-state index contributed by atoms with van der Waals surface area (Å²) >= 11 is 0. The zero-order valence-electron chi connectivity index (χ0n) is 11.2. The largest absolute Gasteiger partial charge is 0.447 e. The lowest BCUT2D eigenvalue weighted by Gasteiger charge is -2.30. The molecule has 1 N–H and O–H groups in total. The van der Waals surface area contributed by atoms with E-state index in [1.165, 1.54) is 0 Å². The van der Waals surface area contributed by atoms with E-state index in [0.717, 1.165) is 30.8 Å². The molecule has 0 spiro atoms. The van der Waals surface area contributed by atoms with Crippen LogP contribution in [0.15, 0.2) is 24.3 Å². The number of carbonyl (C=O) groups excluding carboxylic acids is 2. The summed E-state index contributed by atoms with van der Waals surface area (Å²) in [5.74, 6) is 0. The zero-order valence-corrected chi connectivity index (χ0v) is 11.2. The van der Waals surface area contributed by atoms with E-state index in [1.807, 2.05) is 24.3 Å². The molecule has 0 aromatic heterocycles. The Labute approximate surface area is 117 Å². The maximum atomic E-state index is 11.7. The number of rotatable bonds is 3. The van der Waals surface area contributed by atoms with Crippen LogP contribution in [-0.2, 0) is 11.3 Å². The summed E-state index contributed by atoms with van der Waals surface area (Å²) in [6, 6.07) is 7.56. The first-order chi connectivity index (χ1) is 9.74. The van der Waals surface area contributed by atoms with Gasteiger partial charge in [0.1, 0.15) is 6.61 Å². The number of ether oxygens (including phenoxy) is 1. The monoisotopic (exact) mass is 275 g/mol.